The van der Waals surface area contributed by atoms with Gasteiger partial charge in [0.05, 0.1) is 17.5 Å². The van der Waals surface area contributed by atoms with E-state index >= 15 is 0 Å². The Morgan fingerprint density at radius 1 is 0.759 bits per heavy atom. The van der Waals surface area contributed by atoms with E-state index in [1.807, 2.05) is 0 Å². The van der Waals surface area contributed by atoms with E-state index in [1.54, 1.807) is 24.3 Å². The molecule has 0 aliphatic heterocycles. The molecule has 2 aromatic carbocycles. The normalized spacial score (nSPS) is 11.0. The molecular weight excluding hydrogens is 421 g/mol. The molecule has 29 heavy (non-hydrogen) atoms. The Balaban J connectivity index is 1.84. The van der Waals surface area contributed by atoms with Crippen LogP contribution in [0.15, 0.2) is 53.7 Å². The number of ether oxygens (including phenoxy) is 2. The van der Waals surface area contributed by atoms with Crippen LogP contribution in [0.25, 0.3) is 0 Å². The molecule has 1 N–H and O–H groups in total. The molecule has 0 saturated heterocycles. The van der Waals surface area contributed by atoms with Crippen molar-refractivity contribution < 1.29 is 29.1 Å². The maximum atomic E-state index is 12.0. The fourth-order valence-electron chi connectivity index (χ4n) is 2.17. The molecule has 0 saturated carbocycles. The van der Waals surface area contributed by atoms with Crippen molar-refractivity contribution >= 4 is 47.0 Å². The van der Waals surface area contributed by atoms with Gasteiger partial charge in [-0.1, -0.05) is 29.4 Å². The molecular formula is C20H17Cl2NO6. The lowest BCUT2D eigenvalue weighted by Crippen LogP contribution is -2.17. The predicted molar refractivity (Wildman–Crippen MR) is 106 cm³/mol. The Kier molecular flexibility index (Phi) is 8.64. The first-order valence-electron chi connectivity index (χ1n) is 8.44. The van der Waals surface area contributed by atoms with E-state index < -0.39 is 17.9 Å². The number of nitrogens with zero attached hydrogens (tertiary/aromatic N) is 1. The summed E-state index contributed by atoms with van der Waals surface area (Å²) in [6.45, 7) is 0. The zero-order valence-corrected chi connectivity index (χ0v) is 16.7. The van der Waals surface area contributed by atoms with Crippen molar-refractivity contribution in [2.45, 2.75) is 24.6 Å². The molecule has 0 radical (unpaired) electrons. The van der Waals surface area contributed by atoms with Crippen molar-refractivity contribution in [2.24, 2.45) is 5.16 Å². The summed E-state index contributed by atoms with van der Waals surface area (Å²) in [4.78, 5) is 35.8. The highest BCUT2D eigenvalue weighted by atomic mass is 35.5. The van der Waals surface area contributed by atoms with Gasteiger partial charge >= 0.3 is 17.9 Å². The SMILES string of the molecule is O=C(CC/C(=N/O)OC(=O)c1ccc(CCl)cc1)OC(=O)c1ccc(CCl)cc1. The van der Waals surface area contributed by atoms with Crippen molar-refractivity contribution in [1.29, 1.82) is 0 Å². The monoisotopic (exact) mass is 437 g/mol. The smallest absolute Gasteiger partial charge is 0.345 e. The number of benzene rings is 2. The number of hydrogen-bond acceptors (Lipinski definition) is 7. The van der Waals surface area contributed by atoms with E-state index in [4.69, 9.17) is 37.9 Å². The van der Waals surface area contributed by atoms with Crippen LogP contribution in [-0.2, 0) is 26.0 Å². The first-order chi connectivity index (χ1) is 14.0. The van der Waals surface area contributed by atoms with E-state index in [1.165, 1.54) is 24.3 Å². The second-order valence-corrected chi connectivity index (χ2v) is 6.34. The maximum Gasteiger partial charge on any atom is 0.345 e. The highest BCUT2D eigenvalue weighted by molar-refractivity contribution is 6.17. The zero-order valence-electron chi connectivity index (χ0n) is 15.1. The first kappa shape index (κ1) is 22.4. The van der Waals surface area contributed by atoms with Gasteiger partial charge < -0.3 is 14.7 Å². The Labute approximate surface area is 176 Å². The summed E-state index contributed by atoms with van der Waals surface area (Å²) in [5, 5.41) is 11.9. The molecule has 0 unspecified atom stereocenters. The van der Waals surface area contributed by atoms with Crippen molar-refractivity contribution in [3.8, 4) is 0 Å². The molecule has 0 fully saturated rings. The molecule has 0 amide bonds. The number of hydrogen-bond donors (Lipinski definition) is 1. The van der Waals surface area contributed by atoms with E-state index in [-0.39, 0.29) is 29.9 Å². The van der Waals surface area contributed by atoms with Crippen LogP contribution in [0.1, 0.15) is 44.7 Å². The summed E-state index contributed by atoms with van der Waals surface area (Å²) < 4.78 is 9.67. The highest BCUT2D eigenvalue weighted by Crippen LogP contribution is 2.11. The minimum Gasteiger partial charge on any atom is -0.408 e. The molecule has 0 aliphatic rings. The summed E-state index contributed by atoms with van der Waals surface area (Å²) in [7, 11) is 0. The van der Waals surface area contributed by atoms with Gasteiger partial charge in [-0.3, -0.25) is 4.79 Å². The largest absolute Gasteiger partial charge is 0.408 e. The summed E-state index contributed by atoms with van der Waals surface area (Å²) in [5.74, 6) is -2.23. The second kappa shape index (κ2) is 11.2. The Hall–Kier alpha value is -2.90. The van der Waals surface area contributed by atoms with E-state index in [9.17, 15) is 14.4 Å². The third kappa shape index (κ3) is 6.89. The van der Waals surface area contributed by atoms with Gasteiger partial charge in [-0.05, 0) is 35.4 Å². The van der Waals surface area contributed by atoms with Crippen LogP contribution in [0.4, 0.5) is 0 Å². The standard InChI is InChI=1S/C20H17Cl2NO6/c21-11-13-1-5-15(6-2-13)19(25)28-17(23-27)9-10-18(24)29-20(26)16-7-3-14(12-22)4-8-16/h1-8,27H,9-12H2/b23-17-. The Morgan fingerprint density at radius 2 is 1.21 bits per heavy atom. The van der Waals surface area contributed by atoms with Crippen LogP contribution in [0.3, 0.4) is 0 Å². The van der Waals surface area contributed by atoms with Gasteiger partial charge in [-0.2, -0.15) is 0 Å². The van der Waals surface area contributed by atoms with Crippen molar-refractivity contribution in [2.75, 3.05) is 0 Å². The number of carbonyl (C=O) groups excluding carboxylic acids is 3. The van der Waals surface area contributed by atoms with Crippen molar-refractivity contribution in [3.05, 3.63) is 70.8 Å². The predicted octanol–water partition coefficient (Wildman–Crippen LogP) is 4.27. The van der Waals surface area contributed by atoms with Crippen molar-refractivity contribution in [1.82, 2.24) is 0 Å². The van der Waals surface area contributed by atoms with Crippen LogP contribution in [0.2, 0.25) is 0 Å². The molecule has 0 bridgehead atoms. The van der Waals surface area contributed by atoms with Crippen LogP contribution < -0.4 is 0 Å². The van der Waals surface area contributed by atoms with Crippen LogP contribution in [0.5, 0.6) is 0 Å². The Morgan fingerprint density at radius 3 is 1.62 bits per heavy atom. The fraction of sp³-hybridized carbons (Fsp3) is 0.200. The lowest BCUT2D eigenvalue weighted by molar-refractivity contribution is -0.137. The molecule has 0 heterocycles. The van der Waals surface area contributed by atoms with E-state index in [2.05, 4.69) is 5.16 Å². The highest BCUT2D eigenvalue weighted by Gasteiger charge is 2.17. The van der Waals surface area contributed by atoms with Gasteiger partial charge in [0.15, 0.2) is 0 Å². The molecule has 152 valence electrons. The minimum absolute atomic E-state index is 0.190. The van der Waals surface area contributed by atoms with Crippen LogP contribution in [-0.4, -0.2) is 29.0 Å². The molecule has 0 aromatic heterocycles. The third-order valence-electron chi connectivity index (χ3n) is 3.76. The molecule has 0 aliphatic carbocycles. The van der Waals surface area contributed by atoms with Crippen LogP contribution in [0, 0.1) is 0 Å². The van der Waals surface area contributed by atoms with E-state index in [0.717, 1.165) is 11.1 Å². The maximum absolute atomic E-state index is 12.0. The number of carbonyl (C=O) groups is 3. The summed E-state index contributed by atoms with van der Waals surface area (Å²) in [6.07, 6.45) is -0.567. The molecule has 2 rings (SSSR count). The topological polar surface area (TPSA) is 102 Å². The lowest BCUT2D eigenvalue weighted by atomic mass is 10.1. The zero-order chi connectivity index (χ0) is 21.2. The fourth-order valence-corrected chi connectivity index (χ4v) is 2.53. The van der Waals surface area contributed by atoms with Gasteiger partial charge in [0.25, 0.3) is 0 Å². The van der Waals surface area contributed by atoms with Crippen molar-refractivity contribution in [3.63, 3.8) is 0 Å². The van der Waals surface area contributed by atoms with Crippen LogP contribution >= 0.6 is 23.2 Å². The minimum atomic E-state index is -0.861. The van der Waals surface area contributed by atoms with E-state index in [0.29, 0.717) is 11.8 Å². The molecule has 2 aromatic rings. The number of oxime groups is 1. The summed E-state index contributed by atoms with van der Waals surface area (Å²) >= 11 is 11.4. The number of alkyl halides is 2. The molecule has 0 atom stereocenters. The van der Waals surface area contributed by atoms with Gasteiger partial charge in [0.2, 0.25) is 5.90 Å². The average molecular weight is 438 g/mol. The number of rotatable bonds is 7. The quantitative estimate of drug-likeness (QED) is 0.132. The lowest BCUT2D eigenvalue weighted by Gasteiger charge is -2.07. The third-order valence-corrected chi connectivity index (χ3v) is 4.38. The average Bonchev–Trinajstić information content (AvgIpc) is 2.76. The first-order valence-corrected chi connectivity index (χ1v) is 9.51. The molecule has 9 heteroatoms. The van der Waals surface area contributed by atoms with Gasteiger partial charge in [0, 0.05) is 18.2 Å². The Bertz CT molecular complexity index is 894. The molecule has 7 nitrogen and oxygen atoms in total. The van der Waals surface area contributed by atoms with Gasteiger partial charge in [-0.15, -0.1) is 23.2 Å². The number of halogens is 2. The number of esters is 3. The van der Waals surface area contributed by atoms with Gasteiger partial charge in [0.1, 0.15) is 0 Å². The second-order valence-electron chi connectivity index (χ2n) is 5.81. The summed E-state index contributed by atoms with van der Waals surface area (Å²) in [6, 6.07) is 12.6. The summed E-state index contributed by atoms with van der Waals surface area (Å²) in [5.41, 5.74) is 2.05. The van der Waals surface area contributed by atoms with Gasteiger partial charge in [-0.25, -0.2) is 9.59 Å². The molecule has 0 spiro atoms.